The Morgan fingerprint density at radius 3 is 2.21 bits per heavy atom. The summed E-state index contributed by atoms with van der Waals surface area (Å²) in [5.41, 5.74) is -1.18. The zero-order valence-electron chi connectivity index (χ0n) is 8.39. The summed E-state index contributed by atoms with van der Waals surface area (Å²) in [6, 6.07) is 0. The fourth-order valence-electron chi connectivity index (χ4n) is 1.60. The summed E-state index contributed by atoms with van der Waals surface area (Å²) < 4.78 is 35.5. The van der Waals surface area contributed by atoms with Crippen molar-refractivity contribution >= 4 is 10.0 Å². The molecule has 1 atom stereocenters. The van der Waals surface area contributed by atoms with Crippen LogP contribution in [0.2, 0.25) is 0 Å². The monoisotopic (exact) mass is 221 g/mol. The second-order valence-corrected chi connectivity index (χ2v) is 6.08. The zero-order chi connectivity index (χ0) is 10.4. The normalized spacial score (nSPS) is 32.9. The first-order valence-corrected chi connectivity index (χ1v) is 6.19. The van der Waals surface area contributed by atoms with E-state index in [2.05, 4.69) is 0 Å². The zero-order valence-corrected chi connectivity index (χ0v) is 9.21. The van der Waals surface area contributed by atoms with Gasteiger partial charge in [-0.1, -0.05) is 0 Å². The first-order valence-electron chi connectivity index (χ1n) is 4.69. The van der Waals surface area contributed by atoms with Crippen molar-refractivity contribution in [2.45, 2.75) is 24.9 Å². The maximum atomic E-state index is 11.9. The van der Waals surface area contributed by atoms with Crippen molar-refractivity contribution in [1.82, 2.24) is 4.31 Å². The molecular formula is C8H15NO4S. The molecule has 0 aromatic heterocycles. The van der Waals surface area contributed by atoms with E-state index in [9.17, 15) is 8.42 Å². The Balaban J connectivity index is 2.09. The van der Waals surface area contributed by atoms with Gasteiger partial charge >= 0.3 is 0 Å². The molecule has 0 spiro atoms. The molecule has 0 radical (unpaired) electrons. The van der Waals surface area contributed by atoms with Gasteiger partial charge in [0.1, 0.15) is 5.60 Å². The molecule has 82 valence electrons. The van der Waals surface area contributed by atoms with Crippen molar-refractivity contribution in [3.63, 3.8) is 0 Å². The number of rotatable bonds is 2. The fourth-order valence-corrected chi connectivity index (χ4v) is 3.61. The van der Waals surface area contributed by atoms with Gasteiger partial charge in [0.2, 0.25) is 15.5 Å². The van der Waals surface area contributed by atoms with E-state index in [1.165, 1.54) is 4.31 Å². The lowest BCUT2D eigenvalue weighted by atomic mass is 10.3. The Bertz CT molecular complexity index is 318. The molecule has 6 heteroatoms. The Kier molecular flexibility index (Phi) is 2.34. The molecular weight excluding hydrogens is 206 g/mol. The van der Waals surface area contributed by atoms with Crippen molar-refractivity contribution in [1.29, 1.82) is 0 Å². The van der Waals surface area contributed by atoms with E-state index in [1.807, 2.05) is 0 Å². The van der Waals surface area contributed by atoms with E-state index in [4.69, 9.17) is 9.47 Å². The largest absolute Gasteiger partial charge is 0.379 e. The predicted molar refractivity (Wildman–Crippen MR) is 50.3 cm³/mol. The van der Waals surface area contributed by atoms with Gasteiger partial charge in [0.25, 0.3) is 0 Å². The van der Waals surface area contributed by atoms with Crippen LogP contribution in [0.3, 0.4) is 0 Å². The van der Waals surface area contributed by atoms with Crippen LogP contribution in [0.1, 0.15) is 13.8 Å². The van der Waals surface area contributed by atoms with Crippen LogP contribution in [0.25, 0.3) is 0 Å². The summed E-state index contributed by atoms with van der Waals surface area (Å²) >= 11 is 0. The van der Waals surface area contributed by atoms with Crippen LogP contribution in [-0.4, -0.2) is 50.1 Å². The summed E-state index contributed by atoms with van der Waals surface area (Å²) in [6.45, 7) is 5.42. The Morgan fingerprint density at radius 1 is 1.29 bits per heavy atom. The lowest BCUT2D eigenvalue weighted by Crippen LogP contribution is -2.43. The smallest absolute Gasteiger partial charge is 0.244 e. The Labute approximate surface area is 84.0 Å². The molecule has 2 fully saturated rings. The molecule has 0 amide bonds. The summed E-state index contributed by atoms with van der Waals surface area (Å²) in [4.78, 5) is 0. The third kappa shape index (κ3) is 1.67. The van der Waals surface area contributed by atoms with E-state index in [0.717, 1.165) is 0 Å². The van der Waals surface area contributed by atoms with Gasteiger partial charge in [0.15, 0.2) is 0 Å². The van der Waals surface area contributed by atoms with Crippen LogP contribution in [0.4, 0.5) is 0 Å². The molecule has 0 aromatic carbocycles. The van der Waals surface area contributed by atoms with Crippen LogP contribution >= 0.6 is 0 Å². The highest BCUT2D eigenvalue weighted by Gasteiger charge is 2.58. The van der Waals surface area contributed by atoms with E-state index in [1.54, 1.807) is 13.8 Å². The quantitative estimate of drug-likeness (QED) is 0.605. The maximum absolute atomic E-state index is 11.9. The van der Waals surface area contributed by atoms with Crippen LogP contribution in [0.15, 0.2) is 0 Å². The van der Waals surface area contributed by atoms with Crippen LogP contribution in [0.5, 0.6) is 0 Å². The second-order valence-electron chi connectivity index (χ2n) is 4.11. The molecule has 1 unspecified atom stereocenters. The van der Waals surface area contributed by atoms with E-state index < -0.39 is 21.1 Å². The van der Waals surface area contributed by atoms with Crippen molar-refractivity contribution in [2.75, 3.05) is 26.3 Å². The lowest BCUT2D eigenvalue weighted by Gasteiger charge is -2.25. The second kappa shape index (κ2) is 3.16. The van der Waals surface area contributed by atoms with E-state index in [-0.39, 0.29) is 0 Å². The van der Waals surface area contributed by atoms with Gasteiger partial charge in [-0.15, -0.1) is 0 Å². The lowest BCUT2D eigenvalue weighted by molar-refractivity contribution is 0.0725. The summed E-state index contributed by atoms with van der Waals surface area (Å²) in [7, 11) is -3.27. The molecule has 2 rings (SSSR count). The summed E-state index contributed by atoms with van der Waals surface area (Å²) in [6.07, 6.45) is 0. The predicted octanol–water partition coefficient (Wildman–Crippen LogP) is -0.217. The molecule has 5 nitrogen and oxygen atoms in total. The summed E-state index contributed by atoms with van der Waals surface area (Å²) in [5, 5.41) is 0. The van der Waals surface area contributed by atoms with Gasteiger partial charge in [-0.05, 0) is 13.8 Å². The number of nitrogens with zero attached hydrogens (tertiary/aromatic N) is 1. The first-order chi connectivity index (χ1) is 6.44. The van der Waals surface area contributed by atoms with Gasteiger partial charge in [-0.3, -0.25) is 0 Å². The average Bonchev–Trinajstić information content (AvgIpc) is 2.78. The van der Waals surface area contributed by atoms with Gasteiger partial charge < -0.3 is 9.47 Å². The molecule has 0 aromatic rings. The molecule has 0 N–H and O–H groups in total. The number of hydrogen-bond acceptors (Lipinski definition) is 4. The number of epoxide rings is 1. The molecule has 14 heavy (non-hydrogen) atoms. The molecule has 0 saturated carbocycles. The topological polar surface area (TPSA) is 59.1 Å². The number of morpholine rings is 1. The van der Waals surface area contributed by atoms with Gasteiger partial charge in [-0.2, -0.15) is 4.31 Å². The minimum atomic E-state index is -3.27. The van der Waals surface area contributed by atoms with Crippen molar-refractivity contribution in [3.05, 3.63) is 0 Å². The maximum Gasteiger partial charge on any atom is 0.244 e. The standard InChI is InChI=1S/C8H15NO4S/c1-8(2)7(13-8)14(10,11)9-3-5-12-6-4-9/h7H,3-6H2,1-2H3. The summed E-state index contributed by atoms with van der Waals surface area (Å²) in [5.74, 6) is 0. The van der Waals surface area contributed by atoms with E-state index >= 15 is 0 Å². The first kappa shape index (κ1) is 10.4. The number of sulfonamides is 1. The minimum Gasteiger partial charge on any atom is -0.379 e. The van der Waals surface area contributed by atoms with Gasteiger partial charge in [0, 0.05) is 13.1 Å². The van der Waals surface area contributed by atoms with Gasteiger partial charge in [0.05, 0.1) is 13.2 Å². The highest BCUT2D eigenvalue weighted by Crippen LogP contribution is 2.40. The van der Waals surface area contributed by atoms with Crippen LogP contribution in [0, 0.1) is 0 Å². The highest BCUT2D eigenvalue weighted by atomic mass is 32.2. The van der Waals surface area contributed by atoms with Crippen molar-refractivity contribution < 1.29 is 17.9 Å². The molecule has 2 saturated heterocycles. The molecule has 2 heterocycles. The van der Waals surface area contributed by atoms with Crippen LogP contribution < -0.4 is 0 Å². The third-order valence-corrected chi connectivity index (χ3v) is 4.81. The SMILES string of the molecule is CC1(C)OC1S(=O)(=O)N1CCOCC1. The molecule has 2 aliphatic rings. The molecule has 0 aliphatic carbocycles. The number of ether oxygens (including phenoxy) is 2. The van der Waals surface area contributed by atoms with Gasteiger partial charge in [-0.25, -0.2) is 8.42 Å². The van der Waals surface area contributed by atoms with Crippen molar-refractivity contribution in [2.24, 2.45) is 0 Å². The number of hydrogen-bond donors (Lipinski definition) is 0. The van der Waals surface area contributed by atoms with E-state index in [0.29, 0.717) is 26.3 Å². The third-order valence-electron chi connectivity index (χ3n) is 2.52. The molecule has 2 aliphatic heterocycles. The van der Waals surface area contributed by atoms with Crippen molar-refractivity contribution in [3.8, 4) is 0 Å². The Hall–Kier alpha value is -0.170. The fraction of sp³-hybridized carbons (Fsp3) is 1.00. The average molecular weight is 221 g/mol. The minimum absolute atomic E-state index is 0.443. The van der Waals surface area contributed by atoms with Crippen LogP contribution in [-0.2, 0) is 19.5 Å². The highest BCUT2D eigenvalue weighted by molar-refractivity contribution is 7.89. The molecule has 0 bridgehead atoms. The Morgan fingerprint density at radius 2 is 1.79 bits per heavy atom.